The van der Waals surface area contributed by atoms with Crippen molar-refractivity contribution < 1.29 is 24.2 Å². The maximum absolute atomic E-state index is 13.9. The third kappa shape index (κ3) is 8.23. The van der Waals surface area contributed by atoms with Crippen molar-refractivity contribution in [3.8, 4) is 5.75 Å². The number of phenols is 1. The van der Waals surface area contributed by atoms with Gasteiger partial charge in [0.25, 0.3) is 5.91 Å². The van der Waals surface area contributed by atoms with Gasteiger partial charge in [-0.15, -0.1) is 0 Å². The van der Waals surface area contributed by atoms with Gasteiger partial charge >= 0.3 is 6.09 Å². The number of benzene rings is 2. The Bertz CT molecular complexity index is 1100. The summed E-state index contributed by atoms with van der Waals surface area (Å²) in [4.78, 5) is 41.5. The van der Waals surface area contributed by atoms with E-state index in [1.165, 1.54) is 11.0 Å². The van der Waals surface area contributed by atoms with Gasteiger partial charge in [0.2, 0.25) is 5.91 Å². The summed E-state index contributed by atoms with van der Waals surface area (Å²) in [5.74, 6) is -0.688. The molecule has 2 atom stereocenters. The van der Waals surface area contributed by atoms with Gasteiger partial charge in [-0.1, -0.05) is 37.6 Å². The van der Waals surface area contributed by atoms with E-state index in [0.717, 1.165) is 17.5 Å². The van der Waals surface area contributed by atoms with E-state index < -0.39 is 29.7 Å². The molecule has 3 N–H and O–H groups in total. The van der Waals surface area contributed by atoms with Gasteiger partial charge in [-0.25, -0.2) is 4.79 Å². The molecule has 2 rings (SSSR count). The number of carbonyl (C=O) groups excluding carboxylic acids is 3. The topological polar surface area (TPSA) is 108 Å². The summed E-state index contributed by atoms with van der Waals surface area (Å²) >= 11 is 0. The summed E-state index contributed by atoms with van der Waals surface area (Å²) in [6.45, 7) is 14.7. The van der Waals surface area contributed by atoms with Crippen LogP contribution in [0.25, 0.3) is 0 Å². The Morgan fingerprint density at radius 2 is 1.65 bits per heavy atom. The lowest BCUT2D eigenvalue weighted by Crippen LogP contribution is -2.51. The molecule has 0 aliphatic rings. The molecule has 3 amide bonds. The normalized spacial score (nSPS) is 12.9. The van der Waals surface area contributed by atoms with Crippen LogP contribution in [0.2, 0.25) is 0 Å². The molecule has 2 aromatic carbocycles. The number of phenolic OH excluding ortho intramolecular Hbond substituents is 1. The van der Waals surface area contributed by atoms with Gasteiger partial charge in [0.1, 0.15) is 23.4 Å². The maximum Gasteiger partial charge on any atom is 0.408 e. The van der Waals surface area contributed by atoms with Crippen LogP contribution >= 0.6 is 0 Å². The fourth-order valence-electron chi connectivity index (χ4n) is 4.01. The summed E-state index contributed by atoms with van der Waals surface area (Å²) in [6, 6.07) is 8.71. The summed E-state index contributed by atoms with van der Waals surface area (Å²) in [5.41, 5.74) is 2.93. The van der Waals surface area contributed by atoms with E-state index in [4.69, 9.17) is 4.74 Å². The second kappa shape index (κ2) is 12.6. The number of unbranched alkanes of at least 4 members (excludes halogenated alkanes) is 1. The third-order valence-corrected chi connectivity index (χ3v) is 5.97. The molecule has 8 nitrogen and oxygen atoms in total. The van der Waals surface area contributed by atoms with Crippen molar-refractivity contribution in [1.29, 1.82) is 0 Å². The molecule has 0 bridgehead atoms. The molecule has 0 saturated heterocycles. The first-order chi connectivity index (χ1) is 17.2. The number of rotatable bonds is 9. The minimum absolute atomic E-state index is 0.101. The van der Waals surface area contributed by atoms with Crippen molar-refractivity contribution in [3.05, 3.63) is 58.7 Å². The predicted molar refractivity (Wildman–Crippen MR) is 146 cm³/mol. The lowest BCUT2D eigenvalue weighted by atomic mass is 9.99. The standard InChI is InChI=1S/C29H41N3O5/c1-9-10-16-32(27(35)21(5)30-28(36)37-29(6,7)8)25(22-14-15-23(33)20(4)17-22)26(34)31-24-18(2)12-11-13-19(24)3/h11-15,17,21,25,33H,9-10,16H2,1-8H3,(H,30,36)(H,31,34). The summed E-state index contributed by atoms with van der Waals surface area (Å²) in [5, 5.41) is 15.7. The van der Waals surface area contributed by atoms with E-state index in [-0.39, 0.29) is 11.7 Å². The van der Waals surface area contributed by atoms with Crippen LogP contribution in [0.3, 0.4) is 0 Å². The molecule has 0 fully saturated rings. The minimum Gasteiger partial charge on any atom is -0.508 e. The molecule has 0 aliphatic heterocycles. The number of carbonyl (C=O) groups is 3. The second-order valence-corrected chi connectivity index (χ2v) is 10.5. The number of ether oxygens (including phenoxy) is 1. The van der Waals surface area contributed by atoms with E-state index in [9.17, 15) is 19.5 Å². The molecule has 0 spiro atoms. The highest BCUT2D eigenvalue weighted by Crippen LogP contribution is 2.29. The molecule has 0 heterocycles. The van der Waals surface area contributed by atoms with Crippen molar-refractivity contribution in [2.24, 2.45) is 0 Å². The molecule has 202 valence electrons. The zero-order valence-corrected chi connectivity index (χ0v) is 23.3. The average molecular weight is 512 g/mol. The zero-order chi connectivity index (χ0) is 27.9. The van der Waals surface area contributed by atoms with Gasteiger partial charge in [0.15, 0.2) is 0 Å². The summed E-state index contributed by atoms with van der Waals surface area (Å²) in [7, 11) is 0. The van der Waals surface area contributed by atoms with Crippen molar-refractivity contribution in [1.82, 2.24) is 10.2 Å². The molecule has 2 aromatic rings. The van der Waals surface area contributed by atoms with Crippen LogP contribution in [0.5, 0.6) is 5.75 Å². The monoisotopic (exact) mass is 511 g/mol. The van der Waals surface area contributed by atoms with Crippen molar-refractivity contribution >= 4 is 23.6 Å². The highest BCUT2D eigenvalue weighted by molar-refractivity contribution is 5.99. The number of aryl methyl sites for hydroxylation is 3. The third-order valence-electron chi connectivity index (χ3n) is 5.97. The molecule has 37 heavy (non-hydrogen) atoms. The Morgan fingerprint density at radius 1 is 1.03 bits per heavy atom. The van der Waals surface area contributed by atoms with Crippen molar-refractivity contribution in [2.75, 3.05) is 11.9 Å². The fraction of sp³-hybridized carbons (Fsp3) is 0.483. The van der Waals surface area contributed by atoms with Crippen LogP contribution in [-0.2, 0) is 14.3 Å². The first kappa shape index (κ1) is 29.7. The summed E-state index contributed by atoms with van der Waals surface area (Å²) < 4.78 is 5.32. The van der Waals surface area contributed by atoms with Gasteiger partial charge in [-0.05, 0) is 89.3 Å². The fourth-order valence-corrected chi connectivity index (χ4v) is 4.01. The van der Waals surface area contributed by atoms with Crippen LogP contribution in [0, 0.1) is 20.8 Å². The first-order valence-electron chi connectivity index (χ1n) is 12.7. The molecule has 8 heteroatoms. The van der Waals surface area contributed by atoms with Crippen LogP contribution in [-0.4, -0.2) is 46.1 Å². The summed E-state index contributed by atoms with van der Waals surface area (Å²) in [6.07, 6.45) is 0.757. The maximum atomic E-state index is 13.9. The van der Waals surface area contributed by atoms with Gasteiger partial charge in [-0.3, -0.25) is 9.59 Å². The number of hydrogen-bond donors (Lipinski definition) is 3. The van der Waals surface area contributed by atoms with E-state index >= 15 is 0 Å². The van der Waals surface area contributed by atoms with Gasteiger partial charge in [-0.2, -0.15) is 0 Å². The lowest BCUT2D eigenvalue weighted by Gasteiger charge is -2.34. The first-order valence-corrected chi connectivity index (χ1v) is 12.7. The molecule has 0 aromatic heterocycles. The van der Waals surface area contributed by atoms with Crippen molar-refractivity contribution in [3.63, 3.8) is 0 Å². The molecule has 0 saturated carbocycles. The Balaban J connectivity index is 2.50. The lowest BCUT2D eigenvalue weighted by molar-refractivity contribution is -0.140. The van der Waals surface area contributed by atoms with Gasteiger partial charge in [0.05, 0.1) is 0 Å². The number of nitrogens with one attached hydrogen (secondary N) is 2. The number of alkyl carbamates (subject to hydrolysis) is 1. The molecular weight excluding hydrogens is 470 g/mol. The quantitative estimate of drug-likeness (QED) is 0.410. The van der Waals surface area contributed by atoms with Crippen LogP contribution in [0.4, 0.5) is 10.5 Å². The van der Waals surface area contributed by atoms with E-state index in [2.05, 4.69) is 10.6 Å². The average Bonchev–Trinajstić information content (AvgIpc) is 2.79. The zero-order valence-electron chi connectivity index (χ0n) is 23.3. The minimum atomic E-state index is -0.986. The predicted octanol–water partition coefficient (Wildman–Crippen LogP) is 5.54. The molecular formula is C29H41N3O5. The van der Waals surface area contributed by atoms with Gasteiger partial charge < -0.3 is 25.4 Å². The number of hydrogen-bond acceptors (Lipinski definition) is 5. The van der Waals surface area contributed by atoms with E-state index in [1.807, 2.05) is 39.0 Å². The van der Waals surface area contributed by atoms with Gasteiger partial charge in [0, 0.05) is 12.2 Å². The van der Waals surface area contributed by atoms with Crippen LogP contribution < -0.4 is 10.6 Å². The molecule has 0 aliphatic carbocycles. The molecule has 2 unspecified atom stereocenters. The smallest absolute Gasteiger partial charge is 0.408 e. The van der Waals surface area contributed by atoms with E-state index in [1.54, 1.807) is 46.8 Å². The number of para-hydroxylation sites is 1. The Morgan fingerprint density at radius 3 is 2.19 bits per heavy atom. The van der Waals surface area contributed by atoms with Crippen LogP contribution in [0.15, 0.2) is 36.4 Å². The highest BCUT2D eigenvalue weighted by Gasteiger charge is 2.35. The van der Waals surface area contributed by atoms with Crippen LogP contribution in [0.1, 0.15) is 75.8 Å². The highest BCUT2D eigenvalue weighted by atomic mass is 16.6. The Hall–Kier alpha value is -3.55. The number of amides is 3. The van der Waals surface area contributed by atoms with E-state index in [0.29, 0.717) is 29.8 Å². The second-order valence-electron chi connectivity index (χ2n) is 10.5. The number of nitrogens with zero attached hydrogens (tertiary/aromatic N) is 1. The number of anilines is 1. The molecule has 0 radical (unpaired) electrons. The Labute approximate surface area is 220 Å². The SMILES string of the molecule is CCCCN(C(=O)C(C)NC(=O)OC(C)(C)C)C(C(=O)Nc1c(C)cccc1C)c1ccc(O)c(C)c1. The largest absolute Gasteiger partial charge is 0.508 e. The number of aromatic hydroxyl groups is 1. The van der Waals surface area contributed by atoms with Crippen molar-refractivity contribution in [2.45, 2.75) is 85.9 Å². The Kier molecular flexibility index (Phi) is 10.1.